The predicted octanol–water partition coefficient (Wildman–Crippen LogP) is 2.71. The van der Waals surface area contributed by atoms with Crippen molar-refractivity contribution in [2.45, 2.75) is 50.5 Å². The van der Waals surface area contributed by atoms with Gasteiger partial charge in [0.05, 0.1) is 30.0 Å². The molecule has 2 spiro atoms. The third kappa shape index (κ3) is 2.74. The number of hydrogen-bond donors (Lipinski definition) is 1. The lowest BCUT2D eigenvalue weighted by atomic mass is 9.78. The number of carbonyl (C=O) groups is 2. The summed E-state index contributed by atoms with van der Waals surface area (Å²) < 4.78 is 12.6. The molecule has 5 rings (SSSR count). The summed E-state index contributed by atoms with van der Waals surface area (Å²) in [5.74, 6) is -0.718. The molecule has 3 heterocycles. The van der Waals surface area contributed by atoms with Crippen LogP contribution in [0.2, 0.25) is 0 Å². The molecule has 2 aromatic rings. The Hall–Kier alpha value is -2.03. The molecule has 0 radical (unpaired) electrons. The number of imide groups is 1. The topological polar surface area (TPSA) is 80.8 Å². The smallest absolute Gasteiger partial charge is 0.325 e. The third-order valence-corrected chi connectivity index (χ3v) is 6.83. The lowest BCUT2D eigenvalue weighted by Gasteiger charge is -2.39. The first-order valence-electron chi connectivity index (χ1n) is 9.27. The molecular formula is C19H21N3O4S. The van der Waals surface area contributed by atoms with Crippen molar-refractivity contribution in [3.05, 3.63) is 28.8 Å². The van der Waals surface area contributed by atoms with Gasteiger partial charge in [-0.3, -0.25) is 9.69 Å². The summed E-state index contributed by atoms with van der Waals surface area (Å²) in [5.41, 5.74) is 1.22. The number of benzene rings is 1. The van der Waals surface area contributed by atoms with Gasteiger partial charge in [0.1, 0.15) is 10.5 Å². The number of urea groups is 1. The van der Waals surface area contributed by atoms with E-state index in [1.807, 2.05) is 25.1 Å². The normalized spacial score (nSPS) is 23.7. The first-order chi connectivity index (χ1) is 13.0. The first kappa shape index (κ1) is 17.1. The minimum Gasteiger partial charge on any atom is -0.348 e. The molecule has 1 aliphatic carbocycles. The number of carbonyl (C=O) groups excluding carboxylic acids is 2. The van der Waals surface area contributed by atoms with Gasteiger partial charge >= 0.3 is 6.03 Å². The molecule has 142 valence electrons. The second kappa shape index (κ2) is 5.98. The SMILES string of the molecule is Cc1ccc2sc(CN3C(=O)NC4(CCC5(CC4)OCCO5)C3=O)nc2c1. The number of rotatable bonds is 2. The van der Waals surface area contributed by atoms with Gasteiger partial charge in [0.15, 0.2) is 5.79 Å². The molecule has 7 nitrogen and oxygen atoms in total. The van der Waals surface area contributed by atoms with E-state index in [1.165, 1.54) is 16.2 Å². The van der Waals surface area contributed by atoms with Gasteiger partial charge in [0.2, 0.25) is 0 Å². The highest BCUT2D eigenvalue weighted by atomic mass is 32.1. The fourth-order valence-electron chi connectivity index (χ4n) is 4.29. The molecule has 0 unspecified atom stereocenters. The third-order valence-electron chi connectivity index (χ3n) is 5.81. The Morgan fingerprint density at radius 2 is 1.93 bits per heavy atom. The van der Waals surface area contributed by atoms with E-state index in [2.05, 4.69) is 10.3 Å². The molecule has 0 atom stereocenters. The number of aromatic nitrogens is 1. The molecule has 1 aromatic carbocycles. The number of hydrogen-bond acceptors (Lipinski definition) is 6. The largest absolute Gasteiger partial charge is 0.348 e. The van der Waals surface area contributed by atoms with Crippen LogP contribution < -0.4 is 5.32 Å². The highest BCUT2D eigenvalue weighted by Crippen LogP contribution is 2.43. The van der Waals surface area contributed by atoms with Crippen LogP contribution in [0.5, 0.6) is 0 Å². The van der Waals surface area contributed by atoms with Crippen LogP contribution in [0.3, 0.4) is 0 Å². The summed E-state index contributed by atoms with van der Waals surface area (Å²) in [6.07, 6.45) is 2.31. The fraction of sp³-hybridized carbons (Fsp3) is 0.526. The molecule has 3 aliphatic rings. The molecule has 1 aromatic heterocycles. The molecule has 1 N–H and O–H groups in total. The van der Waals surface area contributed by atoms with E-state index in [-0.39, 0.29) is 18.5 Å². The van der Waals surface area contributed by atoms with Gasteiger partial charge in [-0.2, -0.15) is 0 Å². The van der Waals surface area contributed by atoms with E-state index in [4.69, 9.17) is 9.47 Å². The Kier molecular flexibility index (Phi) is 3.79. The number of thiazole rings is 1. The van der Waals surface area contributed by atoms with Crippen LogP contribution in [-0.2, 0) is 20.8 Å². The van der Waals surface area contributed by atoms with Crippen LogP contribution in [0, 0.1) is 6.92 Å². The first-order valence-corrected chi connectivity index (χ1v) is 10.1. The number of ether oxygens (including phenoxy) is 2. The van der Waals surface area contributed by atoms with Crippen LogP contribution in [0.4, 0.5) is 4.79 Å². The van der Waals surface area contributed by atoms with Gasteiger partial charge in [-0.1, -0.05) is 6.07 Å². The fourth-order valence-corrected chi connectivity index (χ4v) is 5.23. The van der Waals surface area contributed by atoms with Crippen molar-refractivity contribution < 1.29 is 19.1 Å². The lowest BCUT2D eigenvalue weighted by molar-refractivity contribution is -0.186. The Bertz CT molecular complexity index is 924. The summed E-state index contributed by atoms with van der Waals surface area (Å²) in [5, 5.41) is 3.71. The van der Waals surface area contributed by atoms with Crippen LogP contribution >= 0.6 is 11.3 Å². The van der Waals surface area contributed by atoms with Crippen molar-refractivity contribution in [1.29, 1.82) is 0 Å². The lowest BCUT2D eigenvalue weighted by Crippen LogP contribution is -2.53. The van der Waals surface area contributed by atoms with Gasteiger partial charge in [-0.05, 0) is 37.5 Å². The average molecular weight is 387 g/mol. The second-order valence-electron chi connectivity index (χ2n) is 7.59. The second-order valence-corrected chi connectivity index (χ2v) is 8.71. The Morgan fingerprint density at radius 3 is 2.67 bits per heavy atom. The summed E-state index contributed by atoms with van der Waals surface area (Å²) in [7, 11) is 0. The Morgan fingerprint density at radius 1 is 1.19 bits per heavy atom. The van der Waals surface area contributed by atoms with E-state index in [0.717, 1.165) is 20.8 Å². The minimum atomic E-state index is -0.828. The Labute approximate surface area is 160 Å². The van der Waals surface area contributed by atoms with Gasteiger partial charge in [-0.25, -0.2) is 9.78 Å². The van der Waals surface area contributed by atoms with Crippen molar-refractivity contribution in [2.75, 3.05) is 13.2 Å². The van der Waals surface area contributed by atoms with Gasteiger partial charge < -0.3 is 14.8 Å². The summed E-state index contributed by atoms with van der Waals surface area (Å²) in [4.78, 5) is 31.6. The molecule has 1 saturated carbocycles. The molecule has 3 fully saturated rings. The van der Waals surface area contributed by atoms with Gasteiger partial charge in [-0.15, -0.1) is 11.3 Å². The maximum absolute atomic E-state index is 13.1. The maximum atomic E-state index is 13.1. The van der Waals surface area contributed by atoms with Crippen molar-refractivity contribution in [3.8, 4) is 0 Å². The van der Waals surface area contributed by atoms with Crippen LogP contribution in [0.25, 0.3) is 10.2 Å². The van der Waals surface area contributed by atoms with E-state index < -0.39 is 11.3 Å². The summed E-state index contributed by atoms with van der Waals surface area (Å²) >= 11 is 1.52. The van der Waals surface area contributed by atoms with Crippen molar-refractivity contribution in [3.63, 3.8) is 0 Å². The number of amides is 3. The van der Waals surface area contributed by atoms with Crippen LogP contribution in [0.15, 0.2) is 18.2 Å². The summed E-state index contributed by atoms with van der Waals surface area (Å²) in [6.45, 7) is 3.42. The standard InChI is InChI=1S/C19H21N3O4S/c1-12-2-3-14-13(10-12)20-15(27-14)11-22-16(23)18(21-17(22)24)4-6-19(7-5-18)25-8-9-26-19/h2-3,10H,4-9,11H2,1H3,(H,21,24). The molecule has 27 heavy (non-hydrogen) atoms. The summed E-state index contributed by atoms with van der Waals surface area (Å²) in [6, 6.07) is 5.75. The van der Waals surface area contributed by atoms with Gasteiger partial charge in [0, 0.05) is 12.8 Å². The van der Waals surface area contributed by atoms with Crippen molar-refractivity contribution in [1.82, 2.24) is 15.2 Å². The number of aryl methyl sites for hydroxylation is 1. The van der Waals surface area contributed by atoms with Crippen molar-refractivity contribution in [2.24, 2.45) is 0 Å². The molecule has 2 saturated heterocycles. The number of nitrogens with zero attached hydrogens (tertiary/aromatic N) is 2. The maximum Gasteiger partial charge on any atom is 0.325 e. The zero-order valence-corrected chi connectivity index (χ0v) is 15.9. The van der Waals surface area contributed by atoms with Gasteiger partial charge in [0.25, 0.3) is 5.91 Å². The van der Waals surface area contributed by atoms with E-state index in [0.29, 0.717) is 38.9 Å². The van der Waals surface area contributed by atoms with Crippen LogP contribution in [-0.4, -0.2) is 46.4 Å². The Balaban J connectivity index is 1.34. The van der Waals surface area contributed by atoms with E-state index >= 15 is 0 Å². The van der Waals surface area contributed by atoms with E-state index in [9.17, 15) is 9.59 Å². The average Bonchev–Trinajstić information content (AvgIpc) is 3.32. The highest BCUT2D eigenvalue weighted by Gasteiger charge is 2.56. The zero-order valence-electron chi connectivity index (χ0n) is 15.1. The van der Waals surface area contributed by atoms with Crippen molar-refractivity contribution >= 4 is 33.5 Å². The number of fused-ring (bicyclic) bond motifs is 1. The van der Waals surface area contributed by atoms with Crippen LogP contribution in [0.1, 0.15) is 36.3 Å². The van der Waals surface area contributed by atoms with E-state index in [1.54, 1.807) is 0 Å². The molecule has 3 amide bonds. The monoisotopic (exact) mass is 387 g/mol. The zero-order chi connectivity index (χ0) is 18.6. The minimum absolute atomic E-state index is 0.157. The molecule has 2 aliphatic heterocycles. The molecule has 0 bridgehead atoms. The quantitative estimate of drug-likeness (QED) is 0.802. The highest BCUT2D eigenvalue weighted by molar-refractivity contribution is 7.18. The number of nitrogens with one attached hydrogen (secondary N) is 1. The molecular weight excluding hydrogens is 366 g/mol. The predicted molar refractivity (Wildman–Crippen MR) is 99.3 cm³/mol. The molecule has 8 heteroatoms.